The van der Waals surface area contributed by atoms with E-state index in [2.05, 4.69) is 10.3 Å². The first-order valence-electron chi connectivity index (χ1n) is 5.30. The lowest BCUT2D eigenvalue weighted by Crippen LogP contribution is -2.23. The van der Waals surface area contributed by atoms with E-state index in [0.717, 1.165) is 11.8 Å². The minimum Gasteiger partial charge on any atom is -0.346 e. The molecule has 2 aromatic rings. The van der Waals surface area contributed by atoms with Gasteiger partial charge in [0.2, 0.25) is 0 Å². The Bertz CT molecular complexity index is 560. The van der Waals surface area contributed by atoms with Crippen LogP contribution in [-0.2, 0) is 6.54 Å². The van der Waals surface area contributed by atoms with Gasteiger partial charge in [0, 0.05) is 6.20 Å². The molecule has 18 heavy (non-hydrogen) atoms. The van der Waals surface area contributed by atoms with E-state index in [1.165, 1.54) is 12.1 Å². The Balaban J connectivity index is 2.04. The van der Waals surface area contributed by atoms with Gasteiger partial charge in [0.05, 0.1) is 22.8 Å². The summed E-state index contributed by atoms with van der Waals surface area (Å²) in [7, 11) is 0. The van der Waals surface area contributed by atoms with E-state index in [0.29, 0.717) is 6.54 Å². The van der Waals surface area contributed by atoms with Gasteiger partial charge >= 0.3 is 0 Å². The summed E-state index contributed by atoms with van der Waals surface area (Å²) in [5, 5.41) is 2.76. The predicted octanol–water partition coefficient (Wildman–Crippen LogP) is 2.80. The van der Waals surface area contributed by atoms with Gasteiger partial charge in [0.15, 0.2) is 0 Å². The van der Waals surface area contributed by atoms with Crippen molar-refractivity contribution in [1.29, 1.82) is 0 Å². The van der Waals surface area contributed by atoms with Crippen molar-refractivity contribution in [2.75, 3.05) is 0 Å². The summed E-state index contributed by atoms with van der Waals surface area (Å²) >= 11 is 5.79. The molecule has 0 saturated carbocycles. The maximum atomic E-state index is 12.8. The highest BCUT2D eigenvalue weighted by Crippen LogP contribution is 2.17. The van der Waals surface area contributed by atoms with Crippen LogP contribution in [0.3, 0.4) is 0 Å². The molecular weight excluding hydrogens is 255 g/mol. The lowest BCUT2D eigenvalue weighted by molar-refractivity contribution is 0.0950. The average molecular weight is 265 g/mol. The molecule has 0 saturated heterocycles. The van der Waals surface area contributed by atoms with E-state index in [-0.39, 0.29) is 16.5 Å². The second-order valence-corrected chi connectivity index (χ2v) is 4.04. The number of hydrogen-bond donors (Lipinski definition) is 1. The van der Waals surface area contributed by atoms with Crippen molar-refractivity contribution in [2.24, 2.45) is 0 Å². The molecule has 0 aliphatic rings. The Hall–Kier alpha value is -1.94. The molecule has 5 heteroatoms. The molecule has 1 aromatic carbocycles. The van der Waals surface area contributed by atoms with Gasteiger partial charge < -0.3 is 5.32 Å². The summed E-state index contributed by atoms with van der Waals surface area (Å²) in [5.74, 6) is -0.827. The van der Waals surface area contributed by atoms with Crippen LogP contribution in [0.4, 0.5) is 4.39 Å². The van der Waals surface area contributed by atoms with E-state index in [1.807, 2.05) is 6.07 Å². The van der Waals surface area contributed by atoms with Gasteiger partial charge in [-0.15, -0.1) is 0 Å². The zero-order valence-corrected chi connectivity index (χ0v) is 10.1. The van der Waals surface area contributed by atoms with Crippen LogP contribution in [-0.4, -0.2) is 10.9 Å². The lowest BCUT2D eigenvalue weighted by atomic mass is 10.2. The molecule has 0 atom stereocenters. The topological polar surface area (TPSA) is 42.0 Å². The average Bonchev–Trinajstić information content (AvgIpc) is 2.37. The van der Waals surface area contributed by atoms with Gasteiger partial charge in [0.1, 0.15) is 5.82 Å². The molecule has 1 aromatic heterocycles. The molecule has 1 amide bonds. The van der Waals surface area contributed by atoms with Gasteiger partial charge in [-0.3, -0.25) is 9.78 Å². The molecule has 3 nitrogen and oxygen atoms in total. The third-order valence-corrected chi connectivity index (χ3v) is 2.64. The number of nitrogens with one attached hydrogen (secondary N) is 1. The largest absolute Gasteiger partial charge is 0.346 e. The Kier molecular flexibility index (Phi) is 3.89. The third-order valence-electron chi connectivity index (χ3n) is 2.33. The first-order chi connectivity index (χ1) is 8.66. The fraction of sp³-hybridized carbons (Fsp3) is 0.0769. The monoisotopic (exact) mass is 264 g/mol. The molecule has 1 N–H and O–H groups in total. The van der Waals surface area contributed by atoms with E-state index < -0.39 is 5.82 Å². The lowest BCUT2D eigenvalue weighted by Gasteiger charge is -2.06. The van der Waals surface area contributed by atoms with E-state index >= 15 is 0 Å². The number of aromatic nitrogens is 1. The summed E-state index contributed by atoms with van der Waals surface area (Å²) < 4.78 is 12.8. The molecular formula is C13H10ClFN2O. The van der Waals surface area contributed by atoms with Crippen molar-refractivity contribution in [3.8, 4) is 0 Å². The number of pyridine rings is 1. The summed E-state index contributed by atoms with van der Waals surface area (Å²) in [6.07, 6.45) is 1.65. The normalized spacial score (nSPS) is 10.1. The number of benzene rings is 1. The van der Waals surface area contributed by atoms with Crippen LogP contribution in [0.15, 0.2) is 42.6 Å². The first kappa shape index (κ1) is 12.5. The zero-order valence-electron chi connectivity index (χ0n) is 9.36. The Morgan fingerprint density at radius 1 is 1.33 bits per heavy atom. The standard InChI is InChI=1S/C13H10ClFN2O/c14-12-7-9(15)4-5-11(12)13(18)17-8-10-3-1-2-6-16-10/h1-7H,8H2,(H,17,18). The van der Waals surface area contributed by atoms with Crippen LogP contribution in [0.25, 0.3) is 0 Å². The summed E-state index contributed by atoms with van der Waals surface area (Å²) in [5.41, 5.74) is 0.984. The second kappa shape index (κ2) is 5.60. The van der Waals surface area contributed by atoms with Crippen LogP contribution in [0, 0.1) is 5.82 Å². The van der Waals surface area contributed by atoms with E-state index in [4.69, 9.17) is 11.6 Å². The molecule has 0 aliphatic carbocycles. The van der Waals surface area contributed by atoms with Crippen LogP contribution in [0.2, 0.25) is 5.02 Å². The van der Waals surface area contributed by atoms with Crippen molar-refractivity contribution in [3.63, 3.8) is 0 Å². The maximum absolute atomic E-state index is 12.8. The van der Waals surface area contributed by atoms with Crippen molar-refractivity contribution in [2.45, 2.75) is 6.54 Å². The van der Waals surface area contributed by atoms with Crippen molar-refractivity contribution in [1.82, 2.24) is 10.3 Å². The fourth-order valence-electron chi connectivity index (χ4n) is 1.44. The highest BCUT2D eigenvalue weighted by molar-refractivity contribution is 6.33. The number of amides is 1. The Morgan fingerprint density at radius 2 is 2.17 bits per heavy atom. The quantitative estimate of drug-likeness (QED) is 0.926. The summed E-state index contributed by atoms with van der Waals surface area (Å²) in [6, 6.07) is 9.08. The number of carbonyl (C=O) groups excluding carboxylic acids is 1. The molecule has 92 valence electrons. The summed E-state index contributed by atoms with van der Waals surface area (Å²) in [6.45, 7) is 0.299. The van der Waals surface area contributed by atoms with Crippen LogP contribution < -0.4 is 5.32 Å². The van der Waals surface area contributed by atoms with E-state index in [9.17, 15) is 9.18 Å². The molecule has 0 bridgehead atoms. The molecule has 0 unspecified atom stereocenters. The van der Waals surface area contributed by atoms with Gasteiger partial charge in [0.25, 0.3) is 5.91 Å². The molecule has 0 spiro atoms. The minimum absolute atomic E-state index is 0.0912. The maximum Gasteiger partial charge on any atom is 0.253 e. The van der Waals surface area contributed by atoms with Crippen LogP contribution in [0.1, 0.15) is 16.1 Å². The molecule has 0 radical (unpaired) electrons. The SMILES string of the molecule is O=C(NCc1ccccn1)c1ccc(F)cc1Cl. The van der Waals surface area contributed by atoms with Crippen LogP contribution >= 0.6 is 11.6 Å². The highest BCUT2D eigenvalue weighted by Gasteiger charge is 2.10. The van der Waals surface area contributed by atoms with Gasteiger partial charge in [-0.25, -0.2) is 4.39 Å². The van der Waals surface area contributed by atoms with E-state index in [1.54, 1.807) is 18.3 Å². The smallest absolute Gasteiger partial charge is 0.253 e. The molecule has 0 aliphatic heterocycles. The Morgan fingerprint density at radius 3 is 2.83 bits per heavy atom. The van der Waals surface area contributed by atoms with Gasteiger partial charge in [-0.2, -0.15) is 0 Å². The highest BCUT2D eigenvalue weighted by atomic mass is 35.5. The first-order valence-corrected chi connectivity index (χ1v) is 5.68. The minimum atomic E-state index is -0.471. The molecule has 2 rings (SSSR count). The predicted molar refractivity (Wildman–Crippen MR) is 66.8 cm³/mol. The number of nitrogens with zero attached hydrogens (tertiary/aromatic N) is 1. The van der Waals surface area contributed by atoms with Crippen molar-refractivity contribution >= 4 is 17.5 Å². The number of carbonyl (C=O) groups is 1. The zero-order chi connectivity index (χ0) is 13.0. The third kappa shape index (κ3) is 3.05. The Labute approximate surface area is 109 Å². The second-order valence-electron chi connectivity index (χ2n) is 3.63. The van der Waals surface area contributed by atoms with Crippen molar-refractivity contribution < 1.29 is 9.18 Å². The number of hydrogen-bond acceptors (Lipinski definition) is 2. The summed E-state index contributed by atoms with van der Waals surface area (Å²) in [4.78, 5) is 15.9. The van der Waals surface area contributed by atoms with Crippen LogP contribution in [0.5, 0.6) is 0 Å². The number of rotatable bonds is 3. The fourth-order valence-corrected chi connectivity index (χ4v) is 1.70. The molecule has 1 heterocycles. The molecule has 0 fully saturated rings. The number of halogens is 2. The van der Waals surface area contributed by atoms with Crippen molar-refractivity contribution in [3.05, 3.63) is 64.7 Å². The van der Waals surface area contributed by atoms with Gasteiger partial charge in [-0.1, -0.05) is 17.7 Å². The van der Waals surface area contributed by atoms with Gasteiger partial charge in [-0.05, 0) is 30.3 Å².